The predicted octanol–water partition coefficient (Wildman–Crippen LogP) is -0.392. The highest BCUT2D eigenvalue weighted by Crippen LogP contribution is 2.18. The largest absolute Gasteiger partial charge is 0.468 e. The lowest BCUT2D eigenvalue weighted by Gasteiger charge is -2.24. The first-order chi connectivity index (χ1) is 9.99. The van der Waals surface area contributed by atoms with Gasteiger partial charge in [0.1, 0.15) is 6.04 Å². The van der Waals surface area contributed by atoms with E-state index in [4.69, 9.17) is 4.74 Å². The molecule has 21 heavy (non-hydrogen) atoms. The van der Waals surface area contributed by atoms with Crippen LogP contribution in [-0.2, 0) is 19.1 Å². The van der Waals surface area contributed by atoms with E-state index in [0.29, 0.717) is 19.5 Å². The van der Waals surface area contributed by atoms with Crippen LogP contribution in [0.25, 0.3) is 0 Å². The van der Waals surface area contributed by atoms with Crippen LogP contribution in [0.4, 0.5) is 0 Å². The van der Waals surface area contributed by atoms with Gasteiger partial charge in [-0.15, -0.1) is 0 Å². The second-order valence-corrected chi connectivity index (χ2v) is 5.25. The molecule has 1 saturated heterocycles. The third-order valence-corrected chi connectivity index (χ3v) is 3.55. The number of nitrogens with zero attached hydrogens (tertiary/aromatic N) is 2. The zero-order valence-electron chi connectivity index (χ0n) is 13.1. The Labute approximate surface area is 125 Å². The molecule has 7 nitrogen and oxygen atoms in total. The molecule has 0 aromatic rings. The number of methoxy groups -OCH3 is 1. The molecule has 2 amide bonds. The molecule has 120 valence electrons. The topological polar surface area (TPSA) is 79.0 Å². The summed E-state index contributed by atoms with van der Waals surface area (Å²) in [6.45, 7) is 3.45. The Morgan fingerprint density at radius 3 is 2.71 bits per heavy atom. The van der Waals surface area contributed by atoms with Crippen LogP contribution in [0, 0.1) is 0 Å². The number of carbonyl (C=O) groups is 3. The fraction of sp³-hybridized carbons (Fsp3) is 0.786. The molecule has 0 saturated carbocycles. The molecule has 1 aliphatic rings. The molecule has 1 fully saturated rings. The summed E-state index contributed by atoms with van der Waals surface area (Å²) in [5.74, 6) is -0.639. The number of carbonyl (C=O) groups excluding carboxylic acids is 3. The average molecular weight is 299 g/mol. The van der Waals surface area contributed by atoms with Gasteiger partial charge in [-0.25, -0.2) is 0 Å². The van der Waals surface area contributed by atoms with Crippen molar-refractivity contribution >= 4 is 17.8 Å². The summed E-state index contributed by atoms with van der Waals surface area (Å²) < 4.78 is 4.75. The smallest absolute Gasteiger partial charge is 0.323 e. The van der Waals surface area contributed by atoms with Crippen LogP contribution in [0.5, 0.6) is 0 Å². The molecule has 1 heterocycles. The molecule has 1 rings (SSSR count). The number of likely N-dealkylation sites (N-methyl/N-ethyl adjacent to an activating group) is 1. The number of hydrogen-bond donors (Lipinski definition) is 1. The quantitative estimate of drug-likeness (QED) is 0.648. The third-order valence-electron chi connectivity index (χ3n) is 3.55. The van der Waals surface area contributed by atoms with Crippen molar-refractivity contribution in [3.63, 3.8) is 0 Å². The maximum atomic E-state index is 12.1. The number of ether oxygens (including phenoxy) is 1. The van der Waals surface area contributed by atoms with Gasteiger partial charge in [-0.1, -0.05) is 6.92 Å². The number of amides is 2. The molecule has 0 aromatic heterocycles. The Morgan fingerprint density at radius 2 is 2.10 bits per heavy atom. The van der Waals surface area contributed by atoms with Crippen LogP contribution in [0.15, 0.2) is 0 Å². The monoisotopic (exact) mass is 299 g/mol. The maximum Gasteiger partial charge on any atom is 0.323 e. The first-order valence-corrected chi connectivity index (χ1v) is 7.32. The second kappa shape index (κ2) is 8.61. The summed E-state index contributed by atoms with van der Waals surface area (Å²) in [4.78, 5) is 38.5. The highest BCUT2D eigenvalue weighted by molar-refractivity contribution is 5.86. The van der Waals surface area contributed by atoms with Crippen LogP contribution in [-0.4, -0.2) is 74.0 Å². The molecule has 1 aliphatic heterocycles. The normalized spacial score (nSPS) is 18.3. The van der Waals surface area contributed by atoms with Gasteiger partial charge in [0.05, 0.1) is 20.2 Å². The molecule has 1 unspecified atom stereocenters. The van der Waals surface area contributed by atoms with Gasteiger partial charge in [0.2, 0.25) is 11.8 Å². The van der Waals surface area contributed by atoms with Crippen molar-refractivity contribution in [2.75, 3.05) is 40.3 Å². The minimum absolute atomic E-state index is 0.0373. The minimum Gasteiger partial charge on any atom is -0.468 e. The summed E-state index contributed by atoms with van der Waals surface area (Å²) in [7, 11) is 2.95. The highest BCUT2D eigenvalue weighted by atomic mass is 16.5. The van der Waals surface area contributed by atoms with E-state index in [1.165, 1.54) is 12.0 Å². The number of nitrogens with one attached hydrogen (secondary N) is 1. The lowest BCUT2D eigenvalue weighted by atomic mass is 10.2. The van der Waals surface area contributed by atoms with Crippen molar-refractivity contribution in [2.45, 2.75) is 32.2 Å². The first kappa shape index (κ1) is 17.4. The zero-order chi connectivity index (χ0) is 15.8. The van der Waals surface area contributed by atoms with Gasteiger partial charge in [0, 0.05) is 13.6 Å². The van der Waals surface area contributed by atoms with Crippen molar-refractivity contribution in [1.29, 1.82) is 0 Å². The predicted molar refractivity (Wildman–Crippen MR) is 77.5 cm³/mol. The van der Waals surface area contributed by atoms with E-state index in [0.717, 1.165) is 12.8 Å². The van der Waals surface area contributed by atoms with Crippen LogP contribution in [0.2, 0.25) is 0 Å². The molecule has 0 spiro atoms. The van der Waals surface area contributed by atoms with Gasteiger partial charge in [-0.05, 0) is 25.8 Å². The average Bonchev–Trinajstić information content (AvgIpc) is 2.92. The Bertz CT molecular complexity index is 386. The number of rotatable bonds is 7. The van der Waals surface area contributed by atoms with Crippen molar-refractivity contribution in [3.8, 4) is 0 Å². The highest BCUT2D eigenvalue weighted by Gasteiger charge is 2.33. The fourth-order valence-corrected chi connectivity index (χ4v) is 2.34. The van der Waals surface area contributed by atoms with Crippen molar-refractivity contribution in [1.82, 2.24) is 15.1 Å². The number of esters is 1. The summed E-state index contributed by atoms with van der Waals surface area (Å²) in [5, 5.41) is 2.73. The Hall–Kier alpha value is -1.63. The molecule has 7 heteroatoms. The summed E-state index contributed by atoms with van der Waals surface area (Å²) in [6, 6.07) is -0.346. The van der Waals surface area contributed by atoms with E-state index in [2.05, 4.69) is 5.32 Å². The SMILES string of the molecule is CCCNC(=O)CN(C)C(=O)CN1CCCC1C(=O)OC. The Balaban J connectivity index is 2.44. The van der Waals surface area contributed by atoms with Gasteiger partial charge >= 0.3 is 5.97 Å². The van der Waals surface area contributed by atoms with Crippen LogP contribution < -0.4 is 5.32 Å². The van der Waals surface area contributed by atoms with Crippen LogP contribution >= 0.6 is 0 Å². The number of likely N-dealkylation sites (tertiary alicyclic amines) is 1. The van der Waals surface area contributed by atoms with Crippen molar-refractivity contribution in [3.05, 3.63) is 0 Å². The van der Waals surface area contributed by atoms with Gasteiger partial charge in [0.25, 0.3) is 0 Å². The summed E-state index contributed by atoms with van der Waals surface area (Å²) >= 11 is 0. The summed E-state index contributed by atoms with van der Waals surface area (Å²) in [5.41, 5.74) is 0. The van der Waals surface area contributed by atoms with E-state index in [-0.39, 0.29) is 36.9 Å². The molecule has 1 atom stereocenters. The maximum absolute atomic E-state index is 12.1. The number of hydrogen-bond acceptors (Lipinski definition) is 5. The molecule has 0 aromatic carbocycles. The summed E-state index contributed by atoms with van der Waals surface area (Å²) in [6.07, 6.45) is 2.44. The molecule has 1 N–H and O–H groups in total. The lowest BCUT2D eigenvalue weighted by molar-refractivity contribution is -0.147. The van der Waals surface area contributed by atoms with Crippen molar-refractivity contribution in [2.24, 2.45) is 0 Å². The Morgan fingerprint density at radius 1 is 1.38 bits per heavy atom. The van der Waals surface area contributed by atoms with Gasteiger partial charge in [-0.3, -0.25) is 19.3 Å². The van der Waals surface area contributed by atoms with Gasteiger partial charge in [0.15, 0.2) is 0 Å². The van der Waals surface area contributed by atoms with Crippen LogP contribution in [0.1, 0.15) is 26.2 Å². The van der Waals surface area contributed by atoms with E-state index < -0.39 is 0 Å². The van der Waals surface area contributed by atoms with E-state index in [9.17, 15) is 14.4 Å². The van der Waals surface area contributed by atoms with E-state index in [1.54, 1.807) is 7.05 Å². The third kappa shape index (κ3) is 5.34. The van der Waals surface area contributed by atoms with Gasteiger partial charge in [-0.2, -0.15) is 0 Å². The standard InChI is InChI=1S/C14H25N3O4/c1-4-7-15-12(18)9-16(2)13(19)10-17-8-5-6-11(17)14(20)21-3/h11H,4-10H2,1-3H3,(H,15,18). The second-order valence-electron chi connectivity index (χ2n) is 5.25. The van der Waals surface area contributed by atoms with E-state index >= 15 is 0 Å². The van der Waals surface area contributed by atoms with Crippen molar-refractivity contribution < 1.29 is 19.1 Å². The zero-order valence-corrected chi connectivity index (χ0v) is 13.1. The molecular formula is C14H25N3O4. The minimum atomic E-state index is -0.346. The first-order valence-electron chi connectivity index (χ1n) is 7.32. The Kier molecular flexibility index (Phi) is 7.14. The lowest BCUT2D eigenvalue weighted by Crippen LogP contribution is -2.46. The molecule has 0 bridgehead atoms. The fourth-order valence-electron chi connectivity index (χ4n) is 2.34. The van der Waals surface area contributed by atoms with Gasteiger partial charge < -0.3 is 15.0 Å². The van der Waals surface area contributed by atoms with Crippen LogP contribution in [0.3, 0.4) is 0 Å². The molecular weight excluding hydrogens is 274 g/mol. The molecule has 0 aliphatic carbocycles. The molecule has 0 radical (unpaired) electrons. The van der Waals surface area contributed by atoms with E-state index in [1.807, 2.05) is 11.8 Å².